The Balaban J connectivity index is 0.985. The van der Waals surface area contributed by atoms with Gasteiger partial charge in [-0.1, -0.05) is 72.8 Å². The van der Waals surface area contributed by atoms with Gasteiger partial charge >= 0.3 is 0 Å². The van der Waals surface area contributed by atoms with Crippen molar-refractivity contribution in [2.24, 2.45) is 7.05 Å². The van der Waals surface area contributed by atoms with Gasteiger partial charge < -0.3 is 24.4 Å². The average molecular weight is 835 g/mol. The number of Topliss-reactive ketones (excluding diaryl/α,β-unsaturated/α-hetero) is 1. The molecule has 2 unspecified atom stereocenters. The summed E-state index contributed by atoms with van der Waals surface area (Å²) in [6.07, 6.45) is 9.43. The van der Waals surface area contributed by atoms with Crippen LogP contribution in [0.2, 0.25) is 0 Å². The molecule has 0 aliphatic carbocycles. The van der Waals surface area contributed by atoms with Crippen LogP contribution in [0.25, 0.3) is 10.9 Å². The van der Waals surface area contributed by atoms with E-state index >= 15 is 0 Å². The quantitative estimate of drug-likeness (QED) is 0.124. The smallest absolute Gasteiger partial charge is 0.246 e. The first-order valence-electron chi connectivity index (χ1n) is 21.8. The number of amides is 3. The molecule has 13 heteroatoms. The lowest BCUT2D eigenvalue weighted by Crippen LogP contribution is -2.75. The molecule has 2 aromatic heterocycles. The van der Waals surface area contributed by atoms with E-state index in [0.717, 1.165) is 65.2 Å². The number of aromatic nitrogens is 2. The number of aromatic hydroxyl groups is 1. The molecule has 5 aromatic rings. The van der Waals surface area contributed by atoms with E-state index in [1.54, 1.807) is 50.2 Å². The summed E-state index contributed by atoms with van der Waals surface area (Å²) in [4.78, 5) is 70.3. The molecule has 9 rings (SSSR count). The maximum atomic E-state index is 14.8. The number of piperazine rings is 1. The minimum Gasteiger partial charge on any atom is -0.508 e. The van der Waals surface area contributed by atoms with Crippen LogP contribution in [0, 0.1) is 0 Å². The molecule has 13 nitrogen and oxygen atoms in total. The Labute approximate surface area is 362 Å². The number of phenols is 1. The molecule has 6 heterocycles. The molecule has 320 valence electrons. The lowest BCUT2D eigenvalue weighted by Gasteiger charge is -2.55. The summed E-state index contributed by atoms with van der Waals surface area (Å²) in [6.45, 7) is 7.43. The number of para-hydroxylation sites is 1. The van der Waals surface area contributed by atoms with Crippen LogP contribution >= 0.6 is 0 Å². The molecule has 1 N–H and O–H groups in total. The number of fused-ring (bicyclic) bond motifs is 3. The lowest BCUT2D eigenvalue weighted by molar-refractivity contribution is -0.205. The Hall–Kier alpha value is -6.31. The minimum absolute atomic E-state index is 0.0217. The van der Waals surface area contributed by atoms with Gasteiger partial charge in [0.05, 0.1) is 25.3 Å². The van der Waals surface area contributed by atoms with Crippen molar-refractivity contribution in [3.8, 4) is 5.75 Å². The summed E-state index contributed by atoms with van der Waals surface area (Å²) < 4.78 is 1.95. The van der Waals surface area contributed by atoms with E-state index in [1.165, 1.54) is 12.8 Å². The standard InChI is InChI=1S/C49H54N8O5/c1-3-23-55-32-47(61)56-42(26-35-14-18-39(58)19-15-35)49(62)54(31-45(56)57(55)46(60)21-17-34-9-5-4-6-10-34)29-37-11-7-13-40-41(30-51(2)48(37)40)43(59)27-36-16-20-44(50-28-36)53-25-22-38-12-8-24-52(38)33-53/h3-7,9-11,13-16,18-20,28,30,38,42,45,58H,1,8,12,17,21-27,29,31-33H2,2H3/t38?,42-,45?/m0/s1. The number of phenolic OH excluding ortho intramolecular Hbond substituents is 1. The number of anilines is 1. The monoisotopic (exact) mass is 834 g/mol. The zero-order chi connectivity index (χ0) is 42.9. The summed E-state index contributed by atoms with van der Waals surface area (Å²) in [7, 11) is 1.91. The first-order valence-corrected chi connectivity index (χ1v) is 21.8. The normalized spacial score (nSPS) is 20.8. The molecule has 0 spiro atoms. The van der Waals surface area contributed by atoms with Crippen LogP contribution in [0.1, 0.15) is 58.3 Å². The molecule has 3 atom stereocenters. The zero-order valence-corrected chi connectivity index (χ0v) is 35.3. The largest absolute Gasteiger partial charge is 0.508 e. The Morgan fingerprint density at radius 1 is 0.919 bits per heavy atom. The fourth-order valence-corrected chi connectivity index (χ4v) is 10.1. The Morgan fingerprint density at radius 2 is 1.73 bits per heavy atom. The highest BCUT2D eigenvalue weighted by Crippen LogP contribution is 2.33. The third-order valence-electron chi connectivity index (χ3n) is 13.1. The lowest BCUT2D eigenvalue weighted by atomic mass is 9.97. The number of carbonyl (C=O) groups is 4. The molecule has 0 bridgehead atoms. The van der Waals surface area contributed by atoms with Crippen molar-refractivity contribution in [2.75, 3.05) is 44.3 Å². The Kier molecular flexibility index (Phi) is 11.6. The summed E-state index contributed by atoms with van der Waals surface area (Å²) in [5, 5.41) is 14.2. The second-order valence-corrected chi connectivity index (χ2v) is 17.1. The predicted molar refractivity (Wildman–Crippen MR) is 237 cm³/mol. The third-order valence-corrected chi connectivity index (χ3v) is 13.1. The number of nitrogens with zero attached hydrogens (tertiary/aromatic N) is 8. The van der Waals surface area contributed by atoms with Crippen LogP contribution in [0.15, 0.2) is 110 Å². The Bertz CT molecular complexity index is 2470. The van der Waals surface area contributed by atoms with Crippen molar-refractivity contribution in [1.82, 2.24) is 34.3 Å². The molecule has 62 heavy (non-hydrogen) atoms. The number of ketones is 1. The molecule has 4 aliphatic heterocycles. The zero-order valence-electron chi connectivity index (χ0n) is 35.3. The van der Waals surface area contributed by atoms with Gasteiger partial charge in [-0.15, -0.1) is 6.58 Å². The van der Waals surface area contributed by atoms with Gasteiger partial charge in [0.25, 0.3) is 0 Å². The number of carbonyl (C=O) groups excluding carboxylic acids is 4. The first-order chi connectivity index (χ1) is 30.1. The van der Waals surface area contributed by atoms with E-state index in [1.807, 2.05) is 84.7 Å². The highest BCUT2D eigenvalue weighted by molar-refractivity contribution is 6.09. The van der Waals surface area contributed by atoms with Crippen LogP contribution in [-0.2, 0) is 47.2 Å². The van der Waals surface area contributed by atoms with Crippen molar-refractivity contribution < 1.29 is 24.3 Å². The summed E-state index contributed by atoms with van der Waals surface area (Å²) in [6, 6.07) is 26.1. The molecule has 4 saturated heterocycles. The van der Waals surface area contributed by atoms with Gasteiger partial charge in [-0.25, -0.2) is 15.0 Å². The SMILES string of the molecule is C=CCN1CC(=O)N2C(CN(Cc3cccc4c(C(=O)Cc5ccc(N6CCC7CCCN7C6)nc5)cn(C)c34)C(=O)[C@@H]2Cc2ccc(O)cc2)N1C(=O)CCc1ccccc1. The van der Waals surface area contributed by atoms with Crippen LogP contribution in [0.3, 0.4) is 0 Å². The number of pyridine rings is 1. The van der Waals surface area contributed by atoms with Gasteiger partial charge in [0.1, 0.15) is 23.8 Å². The number of hydrazine groups is 1. The molecule has 3 amide bonds. The molecule has 0 radical (unpaired) electrons. The van der Waals surface area contributed by atoms with Gasteiger partial charge in [0, 0.05) is 81.9 Å². The molecule has 3 aromatic carbocycles. The maximum absolute atomic E-state index is 14.8. The average Bonchev–Trinajstić information content (AvgIpc) is 3.90. The molecule has 4 aliphatic rings. The highest BCUT2D eigenvalue weighted by Gasteiger charge is 2.51. The van der Waals surface area contributed by atoms with E-state index in [4.69, 9.17) is 4.98 Å². The van der Waals surface area contributed by atoms with Gasteiger partial charge in [-0.05, 0) is 66.1 Å². The van der Waals surface area contributed by atoms with Crippen LogP contribution in [-0.4, -0.2) is 121 Å². The molecular weight excluding hydrogens is 781 g/mol. The number of hydrogen-bond donors (Lipinski definition) is 1. The van der Waals surface area contributed by atoms with Gasteiger partial charge in [-0.3, -0.25) is 24.1 Å². The summed E-state index contributed by atoms with van der Waals surface area (Å²) >= 11 is 0. The number of rotatable bonds is 13. The second-order valence-electron chi connectivity index (χ2n) is 17.1. The van der Waals surface area contributed by atoms with Gasteiger partial charge in [-0.2, -0.15) is 0 Å². The Morgan fingerprint density at radius 3 is 2.50 bits per heavy atom. The van der Waals surface area contributed by atoms with E-state index in [2.05, 4.69) is 16.4 Å². The topological polar surface area (TPSA) is 126 Å². The van der Waals surface area contributed by atoms with E-state index in [-0.39, 0.29) is 74.7 Å². The summed E-state index contributed by atoms with van der Waals surface area (Å²) in [5.41, 5.74) is 4.93. The van der Waals surface area contributed by atoms with Crippen LogP contribution in [0.5, 0.6) is 5.75 Å². The fourth-order valence-electron chi connectivity index (χ4n) is 10.1. The third kappa shape index (κ3) is 8.22. The second kappa shape index (κ2) is 17.6. The highest BCUT2D eigenvalue weighted by atomic mass is 16.3. The fraction of sp³-hybridized carbons (Fsp3) is 0.367. The molecule has 4 fully saturated rings. The maximum Gasteiger partial charge on any atom is 0.246 e. The summed E-state index contributed by atoms with van der Waals surface area (Å²) in [5.74, 6) is 0.382. The van der Waals surface area contributed by atoms with Crippen molar-refractivity contribution in [2.45, 2.75) is 69.7 Å². The van der Waals surface area contributed by atoms with Crippen molar-refractivity contribution in [3.05, 3.63) is 138 Å². The van der Waals surface area contributed by atoms with E-state index in [0.29, 0.717) is 18.0 Å². The minimum atomic E-state index is -0.905. The van der Waals surface area contributed by atoms with Gasteiger partial charge in [0.2, 0.25) is 17.7 Å². The molecular formula is C49H54N8O5. The van der Waals surface area contributed by atoms with E-state index in [9.17, 15) is 24.3 Å². The van der Waals surface area contributed by atoms with Crippen molar-refractivity contribution in [1.29, 1.82) is 0 Å². The van der Waals surface area contributed by atoms with Crippen LogP contribution in [0.4, 0.5) is 5.82 Å². The van der Waals surface area contributed by atoms with E-state index < -0.39 is 12.2 Å². The van der Waals surface area contributed by atoms with Crippen LogP contribution < -0.4 is 4.90 Å². The van der Waals surface area contributed by atoms with Gasteiger partial charge in [0.15, 0.2) is 5.78 Å². The van der Waals surface area contributed by atoms with Crippen molar-refractivity contribution >= 4 is 40.2 Å². The number of aryl methyl sites for hydroxylation is 2. The molecule has 0 saturated carbocycles. The number of hydrogen-bond acceptors (Lipinski definition) is 9. The number of benzene rings is 3. The first kappa shape index (κ1) is 41.1. The van der Waals surface area contributed by atoms with Crippen molar-refractivity contribution in [3.63, 3.8) is 0 Å². The predicted octanol–water partition coefficient (Wildman–Crippen LogP) is 5.32.